The smallest absolute Gasteiger partial charge is 0.280 e. The second-order valence-electron chi connectivity index (χ2n) is 4.29. The number of H-pyrrole nitrogens is 1. The predicted molar refractivity (Wildman–Crippen MR) is 75.7 cm³/mol. The van der Waals surface area contributed by atoms with Gasteiger partial charge in [0.2, 0.25) is 0 Å². The van der Waals surface area contributed by atoms with Crippen LogP contribution in [0.3, 0.4) is 0 Å². The maximum Gasteiger partial charge on any atom is 0.280 e. The first-order valence-electron chi connectivity index (χ1n) is 5.73. The average molecular weight is 318 g/mol. The summed E-state index contributed by atoms with van der Waals surface area (Å²) in [5.74, 6) is 0. The molecule has 6 heteroatoms. The van der Waals surface area contributed by atoms with Gasteiger partial charge in [-0.15, -0.1) is 0 Å². The Morgan fingerprint density at radius 1 is 1.59 bits per heavy atom. The summed E-state index contributed by atoms with van der Waals surface area (Å²) in [6, 6.07) is 0.445. The quantitative estimate of drug-likeness (QED) is 0.899. The van der Waals surface area contributed by atoms with Gasteiger partial charge in [0, 0.05) is 11.3 Å². The Balaban J connectivity index is 2.05. The first-order valence-corrected chi connectivity index (χ1v) is 7.81. The highest BCUT2D eigenvalue weighted by atomic mass is 79.9. The van der Waals surface area contributed by atoms with Crippen LogP contribution in [0.2, 0.25) is 0 Å². The third kappa shape index (κ3) is 3.25. The fraction of sp³-hybridized carbons (Fsp3) is 0.636. The number of anilines is 1. The van der Waals surface area contributed by atoms with Crippen molar-refractivity contribution in [1.29, 1.82) is 0 Å². The summed E-state index contributed by atoms with van der Waals surface area (Å²) in [4.78, 5) is 11.4. The summed E-state index contributed by atoms with van der Waals surface area (Å²) in [5, 5.41) is 10.4. The molecule has 2 N–H and O–H groups in total. The molecule has 2 rings (SSSR count). The van der Waals surface area contributed by atoms with Gasteiger partial charge in [0.25, 0.3) is 5.56 Å². The van der Waals surface area contributed by atoms with Crippen molar-refractivity contribution in [2.75, 3.05) is 11.6 Å². The lowest BCUT2D eigenvalue weighted by molar-refractivity contribution is 0.473. The van der Waals surface area contributed by atoms with E-state index in [-0.39, 0.29) is 5.56 Å². The van der Waals surface area contributed by atoms with E-state index >= 15 is 0 Å². The van der Waals surface area contributed by atoms with Gasteiger partial charge in [-0.25, -0.2) is 5.10 Å². The summed E-state index contributed by atoms with van der Waals surface area (Å²) in [6.45, 7) is 0. The summed E-state index contributed by atoms with van der Waals surface area (Å²) >= 11 is 5.22. The van der Waals surface area contributed by atoms with E-state index in [4.69, 9.17) is 0 Å². The molecule has 0 aliphatic heterocycles. The molecule has 0 radical (unpaired) electrons. The lowest BCUT2D eigenvalue weighted by Crippen LogP contribution is -2.29. The minimum Gasteiger partial charge on any atom is -0.380 e. The summed E-state index contributed by atoms with van der Waals surface area (Å²) in [6.07, 6.45) is 8.69. The van der Waals surface area contributed by atoms with Gasteiger partial charge in [0.15, 0.2) is 0 Å². The van der Waals surface area contributed by atoms with E-state index in [2.05, 4.69) is 37.7 Å². The number of thioether (sulfide) groups is 1. The molecule has 94 valence electrons. The third-order valence-corrected chi connectivity index (χ3v) is 5.00. The molecule has 2 unspecified atom stereocenters. The summed E-state index contributed by atoms with van der Waals surface area (Å²) in [7, 11) is 0. The van der Waals surface area contributed by atoms with Gasteiger partial charge in [-0.1, -0.05) is 6.42 Å². The van der Waals surface area contributed by atoms with Gasteiger partial charge in [-0.05, 0) is 41.4 Å². The van der Waals surface area contributed by atoms with E-state index < -0.39 is 0 Å². The van der Waals surface area contributed by atoms with Crippen LogP contribution < -0.4 is 10.9 Å². The van der Waals surface area contributed by atoms with Crippen molar-refractivity contribution in [3.63, 3.8) is 0 Å². The van der Waals surface area contributed by atoms with Crippen molar-refractivity contribution in [3.05, 3.63) is 21.0 Å². The Morgan fingerprint density at radius 2 is 2.41 bits per heavy atom. The number of aromatic nitrogens is 2. The molecular formula is C11H16BrN3OS. The molecule has 0 aromatic carbocycles. The number of nitrogens with zero attached hydrogens (tertiary/aromatic N) is 1. The van der Waals surface area contributed by atoms with Crippen LogP contribution in [0.5, 0.6) is 0 Å². The molecule has 1 aromatic heterocycles. The van der Waals surface area contributed by atoms with Crippen molar-refractivity contribution < 1.29 is 0 Å². The monoisotopic (exact) mass is 317 g/mol. The Kier molecular flexibility index (Phi) is 4.50. The first-order chi connectivity index (χ1) is 8.20. The molecule has 17 heavy (non-hydrogen) atoms. The van der Waals surface area contributed by atoms with E-state index in [0.717, 1.165) is 23.8 Å². The van der Waals surface area contributed by atoms with Gasteiger partial charge in [-0.3, -0.25) is 4.79 Å². The number of rotatable bonds is 3. The molecule has 0 amide bonds. The zero-order valence-electron chi connectivity index (χ0n) is 9.70. The Labute approximate surface area is 113 Å². The molecule has 1 fully saturated rings. The molecule has 4 nitrogen and oxygen atoms in total. The number of hydrogen-bond donors (Lipinski definition) is 2. The van der Waals surface area contributed by atoms with E-state index in [9.17, 15) is 4.79 Å². The SMILES string of the molecule is CSC1CCCC(Nc2cn[nH]c(=O)c2Br)C1. The van der Waals surface area contributed by atoms with Crippen LogP contribution in [0.1, 0.15) is 25.7 Å². The Bertz CT molecular complexity index is 437. The highest BCUT2D eigenvalue weighted by molar-refractivity contribution is 9.10. The van der Waals surface area contributed by atoms with Crippen LogP contribution in [0.4, 0.5) is 5.69 Å². The molecule has 1 saturated carbocycles. The molecule has 0 bridgehead atoms. The van der Waals surface area contributed by atoms with Crippen molar-refractivity contribution in [2.24, 2.45) is 0 Å². The number of hydrogen-bond acceptors (Lipinski definition) is 4. The van der Waals surface area contributed by atoms with E-state index in [1.54, 1.807) is 6.20 Å². The number of aromatic amines is 1. The first kappa shape index (κ1) is 13.0. The Hall–Kier alpha value is -0.490. The second kappa shape index (κ2) is 5.91. The summed E-state index contributed by atoms with van der Waals surface area (Å²) < 4.78 is 0.541. The molecule has 1 aliphatic carbocycles. The third-order valence-electron chi connectivity index (χ3n) is 3.11. The van der Waals surface area contributed by atoms with E-state index in [1.165, 1.54) is 12.8 Å². The predicted octanol–water partition coefficient (Wildman–Crippen LogP) is 2.62. The van der Waals surface area contributed by atoms with Gasteiger partial charge < -0.3 is 5.32 Å². The maximum atomic E-state index is 11.4. The van der Waals surface area contributed by atoms with Crippen LogP contribution in [-0.4, -0.2) is 27.7 Å². The molecular weight excluding hydrogens is 302 g/mol. The standard InChI is InChI=1S/C11H16BrN3OS/c1-17-8-4-2-3-7(5-8)14-9-6-13-15-11(16)10(9)12/h6-8H,2-5H2,1H3,(H2,14,15,16). The van der Waals surface area contributed by atoms with Crippen molar-refractivity contribution in [1.82, 2.24) is 10.2 Å². The fourth-order valence-electron chi connectivity index (χ4n) is 2.19. The van der Waals surface area contributed by atoms with Crippen molar-refractivity contribution in [3.8, 4) is 0 Å². The van der Waals surface area contributed by atoms with Crippen LogP contribution in [0.25, 0.3) is 0 Å². The molecule has 0 saturated heterocycles. The molecule has 0 spiro atoms. The highest BCUT2D eigenvalue weighted by Crippen LogP contribution is 2.29. The normalized spacial score (nSPS) is 24.6. The van der Waals surface area contributed by atoms with E-state index in [0.29, 0.717) is 10.5 Å². The van der Waals surface area contributed by atoms with E-state index in [1.807, 2.05) is 11.8 Å². The molecule has 1 heterocycles. The van der Waals surface area contributed by atoms with Crippen LogP contribution >= 0.6 is 27.7 Å². The van der Waals surface area contributed by atoms with Crippen LogP contribution in [0, 0.1) is 0 Å². The fourth-order valence-corrected chi connectivity index (χ4v) is 3.33. The van der Waals surface area contributed by atoms with Gasteiger partial charge in [-0.2, -0.15) is 16.9 Å². The second-order valence-corrected chi connectivity index (χ2v) is 6.22. The number of halogens is 1. The summed E-state index contributed by atoms with van der Waals surface area (Å²) in [5.41, 5.74) is 0.604. The minimum absolute atomic E-state index is 0.188. The topological polar surface area (TPSA) is 57.8 Å². The molecule has 1 aromatic rings. The van der Waals surface area contributed by atoms with Crippen molar-refractivity contribution in [2.45, 2.75) is 37.0 Å². The van der Waals surface area contributed by atoms with Crippen molar-refractivity contribution >= 4 is 33.4 Å². The lowest BCUT2D eigenvalue weighted by Gasteiger charge is -2.29. The zero-order valence-corrected chi connectivity index (χ0v) is 12.1. The van der Waals surface area contributed by atoms with Crippen LogP contribution in [0.15, 0.2) is 15.5 Å². The van der Waals surface area contributed by atoms with Gasteiger partial charge >= 0.3 is 0 Å². The molecule has 2 atom stereocenters. The van der Waals surface area contributed by atoms with Crippen LogP contribution in [-0.2, 0) is 0 Å². The zero-order chi connectivity index (χ0) is 12.3. The lowest BCUT2D eigenvalue weighted by atomic mass is 9.95. The van der Waals surface area contributed by atoms with Gasteiger partial charge in [0.05, 0.1) is 11.9 Å². The average Bonchev–Trinajstić information content (AvgIpc) is 2.35. The largest absolute Gasteiger partial charge is 0.380 e. The Morgan fingerprint density at radius 3 is 3.18 bits per heavy atom. The number of nitrogens with one attached hydrogen (secondary N) is 2. The highest BCUT2D eigenvalue weighted by Gasteiger charge is 2.21. The van der Waals surface area contributed by atoms with Gasteiger partial charge in [0.1, 0.15) is 4.47 Å². The molecule has 1 aliphatic rings. The minimum atomic E-state index is -0.188. The maximum absolute atomic E-state index is 11.4.